The first-order chi connectivity index (χ1) is 6.59. The Hall–Kier alpha value is -0.120. The molecule has 0 radical (unpaired) electrons. The summed E-state index contributed by atoms with van der Waals surface area (Å²) in [6, 6.07) is 0. The van der Waals surface area contributed by atoms with Gasteiger partial charge in [0.25, 0.3) is 0 Å². The monoisotopic (exact) mass is 215 g/mol. The van der Waals surface area contributed by atoms with E-state index < -0.39 is 0 Å². The van der Waals surface area contributed by atoms with Crippen LogP contribution in [-0.4, -0.2) is 62.2 Å². The average Bonchev–Trinajstić information content (AvgIpc) is 2.02. The van der Waals surface area contributed by atoms with Gasteiger partial charge in [0.15, 0.2) is 0 Å². The lowest BCUT2D eigenvalue weighted by Gasteiger charge is -2.37. The zero-order valence-electron chi connectivity index (χ0n) is 11.8. The number of hydrogen-bond donors (Lipinski definition) is 1. The van der Waals surface area contributed by atoms with Crippen LogP contribution in [0.15, 0.2) is 0 Å². The van der Waals surface area contributed by atoms with Crippen molar-refractivity contribution in [1.29, 1.82) is 0 Å². The maximum absolute atomic E-state index is 3.55. The lowest BCUT2D eigenvalue weighted by molar-refractivity contribution is 0.159. The molecule has 0 aromatic heterocycles. The van der Waals surface area contributed by atoms with E-state index >= 15 is 0 Å². The molecule has 3 nitrogen and oxygen atoms in total. The van der Waals surface area contributed by atoms with E-state index in [1.54, 1.807) is 0 Å². The Morgan fingerprint density at radius 1 is 0.733 bits per heavy atom. The SMILES string of the molecule is CN(C)C(C)(C)CNCC(C)(C)N(C)C. The molecule has 15 heavy (non-hydrogen) atoms. The number of hydrogen-bond acceptors (Lipinski definition) is 3. The maximum Gasteiger partial charge on any atom is 0.0271 e. The molecular weight excluding hydrogens is 186 g/mol. The summed E-state index contributed by atoms with van der Waals surface area (Å²) >= 11 is 0. The Bertz CT molecular complexity index is 163. The molecule has 1 N–H and O–H groups in total. The molecule has 0 aromatic rings. The van der Waals surface area contributed by atoms with Crippen molar-refractivity contribution in [1.82, 2.24) is 15.1 Å². The van der Waals surface area contributed by atoms with Crippen LogP contribution < -0.4 is 5.32 Å². The van der Waals surface area contributed by atoms with Crippen LogP contribution in [0.2, 0.25) is 0 Å². The molecule has 0 spiro atoms. The van der Waals surface area contributed by atoms with Gasteiger partial charge in [-0.15, -0.1) is 0 Å². The molecule has 0 saturated heterocycles. The largest absolute Gasteiger partial charge is 0.313 e. The summed E-state index contributed by atoms with van der Waals surface area (Å²) in [5, 5.41) is 3.55. The number of nitrogens with one attached hydrogen (secondary N) is 1. The molecular formula is C12H29N3. The highest BCUT2D eigenvalue weighted by Crippen LogP contribution is 2.11. The Labute approximate surface area is 95.8 Å². The topological polar surface area (TPSA) is 18.5 Å². The lowest BCUT2D eigenvalue weighted by atomic mass is 10.0. The van der Waals surface area contributed by atoms with E-state index in [0.29, 0.717) is 0 Å². The van der Waals surface area contributed by atoms with Gasteiger partial charge in [-0.1, -0.05) is 0 Å². The van der Waals surface area contributed by atoms with Crippen LogP contribution >= 0.6 is 0 Å². The second kappa shape index (κ2) is 5.28. The van der Waals surface area contributed by atoms with Crippen LogP contribution in [0.25, 0.3) is 0 Å². The van der Waals surface area contributed by atoms with Crippen molar-refractivity contribution in [2.45, 2.75) is 38.8 Å². The van der Waals surface area contributed by atoms with Gasteiger partial charge < -0.3 is 15.1 Å². The van der Waals surface area contributed by atoms with Crippen molar-refractivity contribution in [2.75, 3.05) is 41.3 Å². The van der Waals surface area contributed by atoms with E-state index in [1.807, 2.05) is 0 Å². The first kappa shape index (κ1) is 14.9. The van der Waals surface area contributed by atoms with E-state index in [9.17, 15) is 0 Å². The van der Waals surface area contributed by atoms with E-state index in [-0.39, 0.29) is 11.1 Å². The molecule has 0 saturated carbocycles. The summed E-state index contributed by atoms with van der Waals surface area (Å²) in [4.78, 5) is 4.51. The van der Waals surface area contributed by atoms with Crippen LogP contribution in [0.1, 0.15) is 27.7 Å². The van der Waals surface area contributed by atoms with Crippen molar-refractivity contribution < 1.29 is 0 Å². The van der Waals surface area contributed by atoms with E-state index in [4.69, 9.17) is 0 Å². The van der Waals surface area contributed by atoms with Gasteiger partial charge in [-0.2, -0.15) is 0 Å². The molecule has 0 rings (SSSR count). The number of nitrogens with zero attached hydrogens (tertiary/aromatic N) is 2. The van der Waals surface area contributed by atoms with E-state index in [0.717, 1.165) is 13.1 Å². The fourth-order valence-electron chi connectivity index (χ4n) is 0.991. The van der Waals surface area contributed by atoms with Gasteiger partial charge in [-0.3, -0.25) is 0 Å². The quantitative estimate of drug-likeness (QED) is 0.719. The van der Waals surface area contributed by atoms with Gasteiger partial charge in [0.2, 0.25) is 0 Å². The van der Waals surface area contributed by atoms with Crippen molar-refractivity contribution >= 4 is 0 Å². The summed E-state index contributed by atoms with van der Waals surface area (Å²) in [5.74, 6) is 0. The Balaban J connectivity index is 4.00. The molecule has 0 aliphatic rings. The summed E-state index contributed by atoms with van der Waals surface area (Å²) in [6.45, 7) is 11.0. The molecule has 0 aliphatic heterocycles. The summed E-state index contributed by atoms with van der Waals surface area (Å²) in [7, 11) is 8.50. The van der Waals surface area contributed by atoms with Crippen molar-refractivity contribution in [3.05, 3.63) is 0 Å². The third kappa shape index (κ3) is 4.96. The molecule has 0 heterocycles. The first-order valence-electron chi connectivity index (χ1n) is 5.65. The summed E-state index contributed by atoms with van der Waals surface area (Å²) in [6.07, 6.45) is 0. The van der Waals surface area contributed by atoms with Crippen LogP contribution in [-0.2, 0) is 0 Å². The second-order valence-corrected chi connectivity index (χ2v) is 6.02. The van der Waals surface area contributed by atoms with Gasteiger partial charge in [0, 0.05) is 24.2 Å². The van der Waals surface area contributed by atoms with Gasteiger partial charge in [-0.25, -0.2) is 0 Å². The third-order valence-electron chi connectivity index (χ3n) is 3.54. The van der Waals surface area contributed by atoms with Gasteiger partial charge in [0.1, 0.15) is 0 Å². The smallest absolute Gasteiger partial charge is 0.0271 e. The summed E-state index contributed by atoms with van der Waals surface area (Å²) < 4.78 is 0. The van der Waals surface area contributed by atoms with Crippen molar-refractivity contribution in [3.63, 3.8) is 0 Å². The predicted molar refractivity (Wildman–Crippen MR) is 68.4 cm³/mol. The normalized spacial score (nSPS) is 14.0. The Morgan fingerprint density at radius 3 is 1.20 bits per heavy atom. The third-order valence-corrected chi connectivity index (χ3v) is 3.54. The highest BCUT2D eigenvalue weighted by Gasteiger charge is 2.23. The molecule has 0 aliphatic carbocycles. The van der Waals surface area contributed by atoms with E-state index in [2.05, 4.69) is 71.0 Å². The van der Waals surface area contributed by atoms with Crippen LogP contribution in [0.3, 0.4) is 0 Å². The van der Waals surface area contributed by atoms with Gasteiger partial charge >= 0.3 is 0 Å². The van der Waals surface area contributed by atoms with Crippen LogP contribution in [0.4, 0.5) is 0 Å². The minimum atomic E-state index is 0.211. The molecule has 0 unspecified atom stereocenters. The fraction of sp³-hybridized carbons (Fsp3) is 1.00. The minimum Gasteiger partial charge on any atom is -0.313 e. The fourth-order valence-corrected chi connectivity index (χ4v) is 0.991. The van der Waals surface area contributed by atoms with Gasteiger partial charge in [-0.05, 0) is 55.9 Å². The summed E-state index contributed by atoms with van der Waals surface area (Å²) in [5.41, 5.74) is 0.421. The van der Waals surface area contributed by atoms with Gasteiger partial charge in [0.05, 0.1) is 0 Å². The lowest BCUT2D eigenvalue weighted by Crippen LogP contribution is -2.52. The Kier molecular flexibility index (Phi) is 5.24. The molecule has 0 amide bonds. The molecule has 0 fully saturated rings. The molecule has 92 valence electrons. The predicted octanol–water partition coefficient (Wildman–Crippen LogP) is 1.26. The van der Waals surface area contributed by atoms with Crippen LogP contribution in [0, 0.1) is 0 Å². The van der Waals surface area contributed by atoms with E-state index in [1.165, 1.54) is 0 Å². The van der Waals surface area contributed by atoms with Crippen LogP contribution in [0.5, 0.6) is 0 Å². The van der Waals surface area contributed by atoms with Crippen molar-refractivity contribution in [2.24, 2.45) is 0 Å². The molecule has 0 atom stereocenters. The second-order valence-electron chi connectivity index (χ2n) is 6.02. The maximum atomic E-state index is 3.55. The highest BCUT2D eigenvalue weighted by atomic mass is 15.2. The number of rotatable bonds is 6. The molecule has 3 heteroatoms. The Morgan fingerprint density at radius 2 is 1.00 bits per heavy atom. The standard InChI is InChI=1S/C12H29N3/c1-11(2,14(5)6)9-13-10-12(3,4)15(7)8/h13H,9-10H2,1-8H3. The minimum absolute atomic E-state index is 0.211. The van der Waals surface area contributed by atoms with Crippen molar-refractivity contribution in [3.8, 4) is 0 Å². The molecule has 0 aromatic carbocycles. The average molecular weight is 215 g/mol. The highest BCUT2D eigenvalue weighted by molar-refractivity contribution is 4.84. The zero-order chi connectivity index (χ0) is 12.3. The first-order valence-corrected chi connectivity index (χ1v) is 5.65. The zero-order valence-corrected chi connectivity index (χ0v) is 11.8. The number of likely N-dealkylation sites (N-methyl/N-ethyl adjacent to an activating group) is 2. The molecule has 0 bridgehead atoms.